The maximum Gasteiger partial charge on any atom is 0.337 e. The first-order valence-electron chi connectivity index (χ1n) is 11.0. The second-order valence-electron chi connectivity index (χ2n) is 7.86. The van der Waals surface area contributed by atoms with Gasteiger partial charge in [-0.05, 0) is 31.2 Å². The number of benzene rings is 2. The highest BCUT2D eigenvalue weighted by Gasteiger charge is 2.29. The summed E-state index contributed by atoms with van der Waals surface area (Å²) in [4.78, 5) is 23.3. The van der Waals surface area contributed by atoms with E-state index in [4.69, 9.17) is 23.7 Å². The van der Waals surface area contributed by atoms with Gasteiger partial charge < -0.3 is 28.8 Å². The van der Waals surface area contributed by atoms with Gasteiger partial charge in [-0.1, -0.05) is 43.8 Å². The van der Waals surface area contributed by atoms with E-state index in [1.807, 2.05) is 31.2 Å². The van der Waals surface area contributed by atoms with Crippen LogP contribution in [0.25, 0.3) is 10.8 Å². The van der Waals surface area contributed by atoms with E-state index in [0.717, 1.165) is 35.3 Å². The number of ether oxygens (including phenoxy) is 5. The molecule has 3 rings (SSSR count). The summed E-state index contributed by atoms with van der Waals surface area (Å²) in [6.45, 7) is 6.59. The van der Waals surface area contributed by atoms with Crippen LogP contribution in [0.5, 0.6) is 5.75 Å². The van der Waals surface area contributed by atoms with Gasteiger partial charge in [-0.3, -0.25) is 0 Å². The topological polar surface area (TPSA) is 101 Å². The fourth-order valence-electron chi connectivity index (χ4n) is 3.62. The van der Waals surface area contributed by atoms with Crippen molar-refractivity contribution in [1.82, 2.24) is 0 Å². The van der Waals surface area contributed by atoms with Crippen LogP contribution in [-0.4, -0.2) is 55.2 Å². The van der Waals surface area contributed by atoms with Gasteiger partial charge in [-0.25, -0.2) is 9.59 Å². The third-order valence-corrected chi connectivity index (χ3v) is 5.23. The van der Waals surface area contributed by atoms with Crippen molar-refractivity contribution in [2.45, 2.75) is 51.3 Å². The molecule has 0 saturated carbocycles. The number of aliphatic hydroxyl groups excluding tert-OH is 1. The molecule has 1 saturated heterocycles. The fourth-order valence-corrected chi connectivity index (χ4v) is 3.62. The van der Waals surface area contributed by atoms with Crippen LogP contribution in [0.3, 0.4) is 0 Å². The summed E-state index contributed by atoms with van der Waals surface area (Å²) in [6.07, 6.45) is 1.41. The van der Waals surface area contributed by atoms with Crippen LogP contribution in [0.1, 0.15) is 38.5 Å². The lowest BCUT2D eigenvalue weighted by Gasteiger charge is -2.34. The van der Waals surface area contributed by atoms with Crippen molar-refractivity contribution in [2.75, 3.05) is 19.8 Å². The Kier molecular flexibility index (Phi) is 8.96. The molecule has 1 N–H and O–H groups in total. The Morgan fingerprint density at radius 3 is 2.70 bits per heavy atom. The summed E-state index contributed by atoms with van der Waals surface area (Å²) in [6, 6.07) is 11.1. The van der Waals surface area contributed by atoms with Crippen LogP contribution >= 0.6 is 0 Å². The lowest BCUT2D eigenvalue weighted by molar-refractivity contribution is -0.243. The lowest BCUT2D eigenvalue weighted by atomic mass is 10.0. The van der Waals surface area contributed by atoms with Gasteiger partial charge in [0.05, 0.1) is 18.8 Å². The molecule has 4 unspecified atom stereocenters. The molecular weight excluding hydrogens is 428 g/mol. The molecule has 8 heteroatoms. The Hall–Kier alpha value is -2.78. The fraction of sp³-hybridized carbons (Fsp3) is 0.440. The molecule has 2 aromatic carbocycles. The molecule has 0 amide bonds. The van der Waals surface area contributed by atoms with E-state index in [1.54, 1.807) is 12.1 Å². The second kappa shape index (κ2) is 11.9. The lowest BCUT2D eigenvalue weighted by Crippen LogP contribution is -2.31. The van der Waals surface area contributed by atoms with E-state index < -0.39 is 24.3 Å². The molecule has 0 aromatic heterocycles. The number of carbonyl (C=O) groups excluding carboxylic acids is 2. The van der Waals surface area contributed by atoms with E-state index in [-0.39, 0.29) is 32.0 Å². The molecule has 0 bridgehead atoms. The minimum absolute atomic E-state index is 0.0813. The highest BCUT2D eigenvalue weighted by Crippen LogP contribution is 2.37. The maximum atomic E-state index is 12.3. The molecule has 1 heterocycles. The maximum absolute atomic E-state index is 12.3. The van der Waals surface area contributed by atoms with Crippen LogP contribution in [0.4, 0.5) is 0 Å². The number of carbonyl (C=O) groups is 2. The Bertz CT molecular complexity index is 972. The summed E-state index contributed by atoms with van der Waals surface area (Å²) in [5, 5.41) is 11.4. The van der Waals surface area contributed by atoms with Crippen molar-refractivity contribution in [3.63, 3.8) is 0 Å². The Labute approximate surface area is 193 Å². The first-order chi connectivity index (χ1) is 15.9. The molecule has 1 aliphatic heterocycles. The predicted octanol–water partition coefficient (Wildman–Crippen LogP) is 3.45. The Balaban J connectivity index is 1.63. The van der Waals surface area contributed by atoms with E-state index in [1.165, 1.54) is 0 Å². The number of rotatable bonds is 10. The van der Waals surface area contributed by atoms with Gasteiger partial charge in [-0.2, -0.15) is 0 Å². The number of fused-ring (bicyclic) bond motifs is 1. The molecule has 0 radical (unpaired) electrons. The zero-order valence-corrected chi connectivity index (χ0v) is 18.9. The summed E-state index contributed by atoms with van der Waals surface area (Å²) in [7, 11) is 0. The normalized spacial score (nSPS) is 21.4. The predicted molar refractivity (Wildman–Crippen MR) is 121 cm³/mol. The van der Waals surface area contributed by atoms with Crippen molar-refractivity contribution in [1.29, 1.82) is 0 Å². The molecule has 1 fully saturated rings. The van der Waals surface area contributed by atoms with Crippen LogP contribution < -0.4 is 4.74 Å². The van der Waals surface area contributed by atoms with Crippen molar-refractivity contribution in [3.05, 3.63) is 54.6 Å². The van der Waals surface area contributed by atoms with Crippen LogP contribution in [0, 0.1) is 0 Å². The van der Waals surface area contributed by atoms with Crippen molar-refractivity contribution < 1.29 is 38.4 Å². The molecule has 33 heavy (non-hydrogen) atoms. The van der Waals surface area contributed by atoms with E-state index in [9.17, 15) is 14.7 Å². The van der Waals surface area contributed by atoms with E-state index >= 15 is 0 Å². The number of hydrogen-bond donors (Lipinski definition) is 1. The SMILES string of the molecule is C=CC(=O)OCC(O)COCC(=O)Oc1cccc2c(C3OC(C)CC(CC)O3)cccc12. The summed E-state index contributed by atoms with van der Waals surface area (Å²) < 4.78 is 27.6. The van der Waals surface area contributed by atoms with E-state index in [0.29, 0.717) is 5.75 Å². The number of esters is 2. The Morgan fingerprint density at radius 2 is 1.94 bits per heavy atom. The smallest absolute Gasteiger partial charge is 0.337 e. The van der Waals surface area contributed by atoms with Gasteiger partial charge in [0.1, 0.15) is 25.1 Å². The average molecular weight is 459 g/mol. The molecular formula is C25H30O8. The molecule has 1 aliphatic rings. The summed E-state index contributed by atoms with van der Waals surface area (Å²) >= 11 is 0. The zero-order valence-electron chi connectivity index (χ0n) is 18.9. The van der Waals surface area contributed by atoms with Gasteiger partial charge in [0, 0.05) is 17.0 Å². The number of aliphatic hydroxyl groups is 1. The summed E-state index contributed by atoms with van der Waals surface area (Å²) in [5.41, 5.74) is 0.879. The monoisotopic (exact) mass is 458 g/mol. The quantitative estimate of drug-likeness (QED) is 0.328. The number of hydrogen-bond acceptors (Lipinski definition) is 8. The Morgan fingerprint density at radius 1 is 1.18 bits per heavy atom. The van der Waals surface area contributed by atoms with Gasteiger partial charge >= 0.3 is 11.9 Å². The van der Waals surface area contributed by atoms with Gasteiger partial charge in [-0.15, -0.1) is 0 Å². The zero-order chi connectivity index (χ0) is 23.8. The molecule has 2 aromatic rings. The molecule has 178 valence electrons. The van der Waals surface area contributed by atoms with Crippen LogP contribution in [-0.2, 0) is 28.5 Å². The van der Waals surface area contributed by atoms with Crippen molar-refractivity contribution >= 4 is 22.7 Å². The standard InChI is InChI=1S/C25H30O8/c1-4-18-12-16(3)31-25(32-18)21-10-6-9-20-19(21)8-7-11-22(20)33-24(28)15-29-13-17(26)14-30-23(27)5-2/h5-11,16-18,25-26H,2,4,12-15H2,1,3H3. The minimum Gasteiger partial charge on any atom is -0.460 e. The van der Waals surface area contributed by atoms with Gasteiger partial charge in [0.2, 0.25) is 0 Å². The molecule has 0 aliphatic carbocycles. The molecule has 0 spiro atoms. The minimum atomic E-state index is -1.06. The van der Waals surface area contributed by atoms with Gasteiger partial charge in [0.25, 0.3) is 0 Å². The van der Waals surface area contributed by atoms with Gasteiger partial charge in [0.15, 0.2) is 6.29 Å². The highest BCUT2D eigenvalue weighted by atomic mass is 16.7. The van der Waals surface area contributed by atoms with E-state index in [2.05, 4.69) is 13.5 Å². The highest BCUT2D eigenvalue weighted by molar-refractivity contribution is 5.93. The third-order valence-electron chi connectivity index (χ3n) is 5.23. The largest absolute Gasteiger partial charge is 0.460 e. The third kappa shape index (κ3) is 6.85. The summed E-state index contributed by atoms with van der Waals surface area (Å²) in [5.74, 6) is -0.875. The van der Waals surface area contributed by atoms with Crippen molar-refractivity contribution in [3.8, 4) is 5.75 Å². The average Bonchev–Trinajstić information content (AvgIpc) is 2.81. The molecule has 4 atom stereocenters. The van der Waals surface area contributed by atoms with Crippen LogP contribution in [0.15, 0.2) is 49.1 Å². The molecule has 8 nitrogen and oxygen atoms in total. The van der Waals surface area contributed by atoms with Crippen molar-refractivity contribution in [2.24, 2.45) is 0 Å². The first-order valence-corrected chi connectivity index (χ1v) is 11.0. The van der Waals surface area contributed by atoms with Crippen LogP contribution in [0.2, 0.25) is 0 Å². The second-order valence-corrected chi connectivity index (χ2v) is 7.86. The first kappa shape index (κ1) is 24.9.